The van der Waals surface area contributed by atoms with Gasteiger partial charge in [0.05, 0.1) is 21.6 Å². The van der Waals surface area contributed by atoms with Gasteiger partial charge in [0.2, 0.25) is 0 Å². The standard InChI is InChI=1S/C17H17ClN2S/c1-2-19-16(11-13-8-10-17(18)21-13)15-9-7-12-5-3-4-6-14(12)20-15/h3-10,16,19H,2,11H2,1H3. The largest absolute Gasteiger partial charge is 0.309 e. The quantitative estimate of drug-likeness (QED) is 0.728. The number of pyridine rings is 1. The highest BCUT2D eigenvalue weighted by atomic mass is 35.5. The summed E-state index contributed by atoms with van der Waals surface area (Å²) >= 11 is 7.67. The maximum atomic E-state index is 6.03. The molecule has 2 nitrogen and oxygen atoms in total. The Morgan fingerprint density at radius 2 is 2.00 bits per heavy atom. The van der Waals surface area contributed by atoms with Gasteiger partial charge in [-0.1, -0.05) is 42.8 Å². The molecule has 1 N–H and O–H groups in total. The Balaban J connectivity index is 1.90. The monoisotopic (exact) mass is 316 g/mol. The lowest BCUT2D eigenvalue weighted by molar-refractivity contribution is 0.541. The third kappa shape index (κ3) is 3.43. The maximum Gasteiger partial charge on any atom is 0.0931 e. The van der Waals surface area contributed by atoms with Crippen LogP contribution in [-0.2, 0) is 6.42 Å². The van der Waals surface area contributed by atoms with E-state index in [0.29, 0.717) is 0 Å². The first-order valence-electron chi connectivity index (χ1n) is 7.09. The summed E-state index contributed by atoms with van der Waals surface area (Å²) < 4.78 is 0.840. The van der Waals surface area contributed by atoms with Crippen LogP contribution in [0.15, 0.2) is 48.5 Å². The number of hydrogen-bond donors (Lipinski definition) is 1. The van der Waals surface area contributed by atoms with Gasteiger partial charge in [0.1, 0.15) is 0 Å². The van der Waals surface area contributed by atoms with Crippen molar-refractivity contribution in [2.24, 2.45) is 0 Å². The van der Waals surface area contributed by atoms with Gasteiger partial charge in [-0.05, 0) is 30.8 Å². The number of aromatic nitrogens is 1. The summed E-state index contributed by atoms with van der Waals surface area (Å²) in [7, 11) is 0. The molecule has 0 saturated carbocycles. The van der Waals surface area contributed by atoms with E-state index in [4.69, 9.17) is 16.6 Å². The molecular formula is C17H17ClN2S. The maximum absolute atomic E-state index is 6.03. The fourth-order valence-corrected chi connectivity index (χ4v) is 3.60. The van der Waals surface area contributed by atoms with E-state index in [1.165, 1.54) is 10.3 Å². The number of nitrogens with zero attached hydrogens (tertiary/aromatic N) is 1. The number of hydrogen-bond acceptors (Lipinski definition) is 3. The predicted molar refractivity (Wildman–Crippen MR) is 91.2 cm³/mol. The molecule has 0 aliphatic carbocycles. The van der Waals surface area contributed by atoms with Crippen molar-refractivity contribution in [3.63, 3.8) is 0 Å². The number of rotatable bonds is 5. The number of benzene rings is 1. The van der Waals surface area contributed by atoms with E-state index in [1.807, 2.05) is 18.2 Å². The molecule has 3 rings (SSSR count). The Kier molecular flexibility index (Phi) is 4.54. The molecule has 108 valence electrons. The third-order valence-electron chi connectivity index (χ3n) is 3.46. The van der Waals surface area contributed by atoms with E-state index >= 15 is 0 Å². The first kappa shape index (κ1) is 14.5. The molecule has 2 aromatic heterocycles. The Hall–Kier alpha value is -1.42. The Morgan fingerprint density at radius 3 is 2.76 bits per heavy atom. The van der Waals surface area contributed by atoms with Crippen molar-refractivity contribution in [2.75, 3.05) is 6.54 Å². The van der Waals surface area contributed by atoms with Gasteiger partial charge in [-0.2, -0.15) is 0 Å². The molecule has 1 aromatic carbocycles. The topological polar surface area (TPSA) is 24.9 Å². The first-order valence-corrected chi connectivity index (χ1v) is 8.29. The van der Waals surface area contributed by atoms with Crippen molar-refractivity contribution in [1.29, 1.82) is 0 Å². The second-order valence-electron chi connectivity index (χ2n) is 4.95. The van der Waals surface area contributed by atoms with Crippen molar-refractivity contribution in [1.82, 2.24) is 10.3 Å². The lowest BCUT2D eigenvalue weighted by Gasteiger charge is -2.17. The van der Waals surface area contributed by atoms with Crippen LogP contribution >= 0.6 is 22.9 Å². The molecule has 1 unspecified atom stereocenters. The first-order chi connectivity index (χ1) is 10.3. The minimum absolute atomic E-state index is 0.217. The average Bonchev–Trinajstić information content (AvgIpc) is 2.91. The predicted octanol–water partition coefficient (Wildman–Crippen LogP) is 4.84. The Labute approximate surface area is 133 Å². The van der Waals surface area contributed by atoms with E-state index in [0.717, 1.165) is 28.5 Å². The van der Waals surface area contributed by atoms with Crippen LogP contribution in [0.2, 0.25) is 4.34 Å². The van der Waals surface area contributed by atoms with Crippen LogP contribution in [0.25, 0.3) is 10.9 Å². The second-order valence-corrected chi connectivity index (χ2v) is 6.75. The summed E-state index contributed by atoms with van der Waals surface area (Å²) in [5, 5.41) is 4.70. The summed E-state index contributed by atoms with van der Waals surface area (Å²) in [6.45, 7) is 3.04. The zero-order valence-corrected chi connectivity index (χ0v) is 13.4. The smallest absolute Gasteiger partial charge is 0.0931 e. The summed E-state index contributed by atoms with van der Waals surface area (Å²) in [4.78, 5) is 6.08. The van der Waals surface area contributed by atoms with Crippen molar-refractivity contribution < 1.29 is 0 Å². The van der Waals surface area contributed by atoms with E-state index < -0.39 is 0 Å². The van der Waals surface area contributed by atoms with Gasteiger partial charge in [0.15, 0.2) is 0 Å². The van der Waals surface area contributed by atoms with Gasteiger partial charge in [-0.15, -0.1) is 11.3 Å². The molecule has 0 aliphatic heterocycles. The van der Waals surface area contributed by atoms with Gasteiger partial charge in [0.25, 0.3) is 0 Å². The van der Waals surface area contributed by atoms with E-state index in [1.54, 1.807) is 11.3 Å². The number of fused-ring (bicyclic) bond motifs is 1. The van der Waals surface area contributed by atoms with Crippen LogP contribution < -0.4 is 5.32 Å². The van der Waals surface area contributed by atoms with Crippen molar-refractivity contribution in [3.05, 3.63) is 63.4 Å². The number of para-hydroxylation sites is 1. The molecule has 21 heavy (non-hydrogen) atoms. The van der Waals surface area contributed by atoms with Gasteiger partial charge in [-0.3, -0.25) is 4.98 Å². The van der Waals surface area contributed by atoms with E-state index in [9.17, 15) is 0 Å². The lowest BCUT2D eigenvalue weighted by atomic mass is 10.1. The lowest BCUT2D eigenvalue weighted by Crippen LogP contribution is -2.23. The molecule has 0 spiro atoms. The molecule has 0 radical (unpaired) electrons. The molecular weight excluding hydrogens is 300 g/mol. The van der Waals surface area contributed by atoms with Crippen LogP contribution in [0, 0.1) is 0 Å². The Morgan fingerprint density at radius 1 is 1.14 bits per heavy atom. The fourth-order valence-electron chi connectivity index (χ4n) is 2.47. The zero-order valence-electron chi connectivity index (χ0n) is 11.8. The molecule has 0 bridgehead atoms. The minimum atomic E-state index is 0.217. The number of halogens is 1. The van der Waals surface area contributed by atoms with Crippen LogP contribution in [0.1, 0.15) is 23.5 Å². The Bertz CT molecular complexity index is 738. The third-order valence-corrected chi connectivity index (χ3v) is 4.72. The molecule has 0 fully saturated rings. The highest BCUT2D eigenvalue weighted by Crippen LogP contribution is 2.26. The number of thiophene rings is 1. The van der Waals surface area contributed by atoms with Crippen LogP contribution in [0.4, 0.5) is 0 Å². The highest BCUT2D eigenvalue weighted by Gasteiger charge is 2.14. The SMILES string of the molecule is CCNC(Cc1ccc(Cl)s1)c1ccc2ccccc2n1. The minimum Gasteiger partial charge on any atom is -0.309 e. The number of nitrogens with one attached hydrogen (secondary N) is 1. The molecule has 0 saturated heterocycles. The van der Waals surface area contributed by atoms with E-state index in [-0.39, 0.29) is 6.04 Å². The second kappa shape index (κ2) is 6.56. The summed E-state index contributed by atoms with van der Waals surface area (Å²) in [6.07, 6.45) is 0.913. The van der Waals surface area contributed by atoms with Crippen molar-refractivity contribution >= 4 is 33.8 Å². The van der Waals surface area contributed by atoms with Crippen LogP contribution in [0.5, 0.6) is 0 Å². The van der Waals surface area contributed by atoms with Crippen molar-refractivity contribution in [2.45, 2.75) is 19.4 Å². The van der Waals surface area contributed by atoms with E-state index in [2.05, 4.69) is 42.6 Å². The molecule has 3 aromatic rings. The normalized spacial score (nSPS) is 12.7. The molecule has 2 heterocycles. The molecule has 1 atom stereocenters. The van der Waals surface area contributed by atoms with Gasteiger partial charge >= 0.3 is 0 Å². The zero-order chi connectivity index (χ0) is 14.7. The highest BCUT2D eigenvalue weighted by molar-refractivity contribution is 7.16. The van der Waals surface area contributed by atoms with Crippen LogP contribution in [-0.4, -0.2) is 11.5 Å². The fraction of sp³-hybridized carbons (Fsp3) is 0.235. The summed E-state index contributed by atoms with van der Waals surface area (Å²) in [5.41, 5.74) is 2.13. The number of likely N-dealkylation sites (N-methyl/N-ethyl adjacent to an activating group) is 1. The molecule has 0 aliphatic rings. The van der Waals surface area contributed by atoms with Gasteiger partial charge in [0, 0.05) is 16.7 Å². The summed E-state index contributed by atoms with van der Waals surface area (Å²) in [6, 6.07) is 16.7. The molecule has 0 amide bonds. The summed E-state index contributed by atoms with van der Waals surface area (Å²) in [5.74, 6) is 0. The van der Waals surface area contributed by atoms with Gasteiger partial charge in [-0.25, -0.2) is 0 Å². The molecule has 4 heteroatoms. The van der Waals surface area contributed by atoms with Crippen molar-refractivity contribution in [3.8, 4) is 0 Å². The van der Waals surface area contributed by atoms with Crippen LogP contribution in [0.3, 0.4) is 0 Å². The van der Waals surface area contributed by atoms with Gasteiger partial charge < -0.3 is 5.32 Å². The average molecular weight is 317 g/mol.